The van der Waals surface area contributed by atoms with Crippen LogP contribution in [-0.4, -0.2) is 66.5 Å². The first-order chi connectivity index (χ1) is 11.2. The number of nitrogens with zero attached hydrogens (tertiary/aromatic N) is 4. The minimum Gasteiger partial charge on any atom is -0.369 e. The molecule has 2 aliphatic rings. The standard InChI is InChI=1S/C18H28N4O/c1-3-20-10-12-21(13-11-20)16-4-7-19-17(14-16)18(23)22-8-5-15(2)6-9-22/h4,7,14-15H,3,5-6,8-13H2,1-2H3. The summed E-state index contributed by atoms with van der Waals surface area (Å²) in [4.78, 5) is 23.8. The highest BCUT2D eigenvalue weighted by Gasteiger charge is 2.23. The second-order valence-electron chi connectivity index (χ2n) is 6.80. The molecule has 0 aliphatic carbocycles. The number of amides is 1. The molecule has 3 rings (SSSR count). The Morgan fingerprint density at radius 1 is 1.17 bits per heavy atom. The zero-order chi connectivity index (χ0) is 16.2. The first-order valence-corrected chi connectivity index (χ1v) is 8.90. The summed E-state index contributed by atoms with van der Waals surface area (Å²) in [6.07, 6.45) is 3.98. The van der Waals surface area contributed by atoms with Gasteiger partial charge in [0.1, 0.15) is 5.69 Å². The lowest BCUT2D eigenvalue weighted by atomic mass is 9.99. The Labute approximate surface area is 139 Å². The number of rotatable bonds is 3. The number of likely N-dealkylation sites (N-methyl/N-ethyl adjacent to an activating group) is 1. The molecule has 0 N–H and O–H groups in total. The van der Waals surface area contributed by atoms with Gasteiger partial charge in [0, 0.05) is 51.2 Å². The van der Waals surface area contributed by atoms with Crippen molar-refractivity contribution in [2.24, 2.45) is 5.92 Å². The summed E-state index contributed by atoms with van der Waals surface area (Å²) in [5.41, 5.74) is 1.72. The summed E-state index contributed by atoms with van der Waals surface area (Å²) in [5.74, 6) is 0.819. The van der Waals surface area contributed by atoms with Crippen LogP contribution in [0.2, 0.25) is 0 Å². The second-order valence-corrected chi connectivity index (χ2v) is 6.80. The minimum absolute atomic E-state index is 0.0888. The molecule has 5 heteroatoms. The summed E-state index contributed by atoms with van der Waals surface area (Å²) < 4.78 is 0. The van der Waals surface area contributed by atoms with Gasteiger partial charge in [0.2, 0.25) is 0 Å². The number of hydrogen-bond acceptors (Lipinski definition) is 4. The number of pyridine rings is 1. The van der Waals surface area contributed by atoms with Crippen LogP contribution in [0.15, 0.2) is 18.3 Å². The molecule has 5 nitrogen and oxygen atoms in total. The molecular formula is C18H28N4O. The molecule has 0 atom stereocenters. The maximum absolute atomic E-state index is 12.7. The molecule has 0 bridgehead atoms. The van der Waals surface area contributed by atoms with Gasteiger partial charge in [0.05, 0.1) is 0 Å². The fraction of sp³-hybridized carbons (Fsp3) is 0.667. The number of aromatic nitrogens is 1. The maximum Gasteiger partial charge on any atom is 0.272 e. The van der Waals surface area contributed by atoms with E-state index in [9.17, 15) is 4.79 Å². The third kappa shape index (κ3) is 3.83. The van der Waals surface area contributed by atoms with Crippen molar-refractivity contribution in [1.82, 2.24) is 14.8 Å². The topological polar surface area (TPSA) is 39.7 Å². The fourth-order valence-corrected chi connectivity index (χ4v) is 3.43. The summed E-state index contributed by atoms with van der Waals surface area (Å²) in [5, 5.41) is 0. The predicted octanol–water partition coefficient (Wildman–Crippen LogP) is 2.10. The third-order valence-corrected chi connectivity index (χ3v) is 5.22. The lowest BCUT2D eigenvalue weighted by Crippen LogP contribution is -2.46. The van der Waals surface area contributed by atoms with E-state index in [0.717, 1.165) is 70.3 Å². The van der Waals surface area contributed by atoms with Gasteiger partial charge in [-0.05, 0) is 37.4 Å². The van der Waals surface area contributed by atoms with E-state index in [0.29, 0.717) is 5.69 Å². The quantitative estimate of drug-likeness (QED) is 0.856. The molecule has 0 saturated carbocycles. The molecule has 1 aromatic heterocycles. The average molecular weight is 316 g/mol. The Morgan fingerprint density at radius 3 is 2.52 bits per heavy atom. The third-order valence-electron chi connectivity index (χ3n) is 5.22. The molecule has 2 aliphatic heterocycles. The molecule has 1 amide bonds. The summed E-state index contributed by atoms with van der Waals surface area (Å²) in [6, 6.07) is 4.00. The molecular weight excluding hydrogens is 288 g/mol. The number of carbonyl (C=O) groups is 1. The molecule has 126 valence electrons. The Kier molecular flexibility index (Phi) is 5.16. The van der Waals surface area contributed by atoms with E-state index in [4.69, 9.17) is 0 Å². The zero-order valence-corrected chi connectivity index (χ0v) is 14.4. The lowest BCUT2D eigenvalue weighted by Gasteiger charge is -2.35. The van der Waals surface area contributed by atoms with E-state index < -0.39 is 0 Å². The zero-order valence-electron chi connectivity index (χ0n) is 14.4. The van der Waals surface area contributed by atoms with E-state index in [-0.39, 0.29) is 5.91 Å². The molecule has 0 spiro atoms. The van der Waals surface area contributed by atoms with Crippen LogP contribution in [0.5, 0.6) is 0 Å². The number of piperidine rings is 1. The van der Waals surface area contributed by atoms with Crippen LogP contribution < -0.4 is 4.90 Å². The van der Waals surface area contributed by atoms with Crippen LogP contribution in [-0.2, 0) is 0 Å². The Morgan fingerprint density at radius 2 is 1.87 bits per heavy atom. The van der Waals surface area contributed by atoms with E-state index >= 15 is 0 Å². The van der Waals surface area contributed by atoms with Crippen LogP contribution in [0.1, 0.15) is 37.2 Å². The Balaban J connectivity index is 1.66. The molecule has 0 unspecified atom stereocenters. The van der Waals surface area contributed by atoms with Gasteiger partial charge in [0.25, 0.3) is 5.91 Å². The first kappa shape index (κ1) is 16.2. The predicted molar refractivity (Wildman–Crippen MR) is 92.9 cm³/mol. The highest BCUT2D eigenvalue weighted by Crippen LogP contribution is 2.20. The van der Waals surface area contributed by atoms with E-state index in [1.165, 1.54) is 0 Å². The Bertz CT molecular complexity index is 532. The SMILES string of the molecule is CCN1CCN(c2ccnc(C(=O)N3CCC(C)CC3)c2)CC1. The number of carbonyl (C=O) groups excluding carboxylic acids is 1. The molecule has 3 heterocycles. The normalized spacial score (nSPS) is 20.8. The van der Waals surface area contributed by atoms with E-state index in [2.05, 4.69) is 28.6 Å². The van der Waals surface area contributed by atoms with Crippen molar-refractivity contribution in [2.75, 3.05) is 50.7 Å². The van der Waals surface area contributed by atoms with Crippen molar-refractivity contribution in [3.05, 3.63) is 24.0 Å². The van der Waals surface area contributed by atoms with Crippen molar-refractivity contribution >= 4 is 11.6 Å². The van der Waals surface area contributed by atoms with Gasteiger partial charge >= 0.3 is 0 Å². The molecule has 0 aromatic carbocycles. The lowest BCUT2D eigenvalue weighted by molar-refractivity contribution is 0.0691. The van der Waals surface area contributed by atoms with Crippen molar-refractivity contribution in [1.29, 1.82) is 0 Å². The maximum atomic E-state index is 12.7. The van der Waals surface area contributed by atoms with Crippen molar-refractivity contribution in [3.63, 3.8) is 0 Å². The van der Waals surface area contributed by atoms with Crippen molar-refractivity contribution in [2.45, 2.75) is 26.7 Å². The van der Waals surface area contributed by atoms with Crippen LogP contribution in [0.3, 0.4) is 0 Å². The van der Waals surface area contributed by atoms with Crippen molar-refractivity contribution < 1.29 is 4.79 Å². The largest absolute Gasteiger partial charge is 0.369 e. The first-order valence-electron chi connectivity index (χ1n) is 8.90. The Hall–Kier alpha value is -1.62. The van der Waals surface area contributed by atoms with Gasteiger partial charge in [0.15, 0.2) is 0 Å². The highest BCUT2D eigenvalue weighted by molar-refractivity contribution is 5.93. The van der Waals surface area contributed by atoms with Gasteiger partial charge in [-0.3, -0.25) is 9.78 Å². The van der Waals surface area contributed by atoms with Crippen LogP contribution in [0.25, 0.3) is 0 Å². The van der Waals surface area contributed by atoms with Gasteiger partial charge in [-0.2, -0.15) is 0 Å². The van der Waals surface area contributed by atoms with Crippen LogP contribution >= 0.6 is 0 Å². The van der Waals surface area contributed by atoms with E-state index in [1.807, 2.05) is 17.0 Å². The number of hydrogen-bond donors (Lipinski definition) is 0. The van der Waals surface area contributed by atoms with Crippen LogP contribution in [0.4, 0.5) is 5.69 Å². The van der Waals surface area contributed by atoms with Gasteiger partial charge < -0.3 is 14.7 Å². The molecule has 1 aromatic rings. The molecule has 23 heavy (non-hydrogen) atoms. The highest BCUT2D eigenvalue weighted by atomic mass is 16.2. The smallest absolute Gasteiger partial charge is 0.272 e. The molecule has 0 radical (unpaired) electrons. The average Bonchev–Trinajstić information content (AvgIpc) is 2.62. The fourth-order valence-electron chi connectivity index (χ4n) is 3.43. The summed E-state index contributed by atoms with van der Waals surface area (Å²) >= 11 is 0. The molecule has 2 fully saturated rings. The van der Waals surface area contributed by atoms with Crippen LogP contribution in [0, 0.1) is 5.92 Å². The van der Waals surface area contributed by atoms with Crippen molar-refractivity contribution in [3.8, 4) is 0 Å². The van der Waals surface area contributed by atoms with Gasteiger partial charge in [-0.1, -0.05) is 13.8 Å². The minimum atomic E-state index is 0.0888. The summed E-state index contributed by atoms with van der Waals surface area (Å²) in [7, 11) is 0. The number of anilines is 1. The summed E-state index contributed by atoms with van der Waals surface area (Å²) in [6.45, 7) is 11.5. The number of likely N-dealkylation sites (tertiary alicyclic amines) is 1. The van der Waals surface area contributed by atoms with Gasteiger partial charge in [-0.15, -0.1) is 0 Å². The van der Waals surface area contributed by atoms with E-state index in [1.54, 1.807) is 6.20 Å². The molecule has 2 saturated heterocycles. The second kappa shape index (κ2) is 7.30. The number of piperazine rings is 1. The van der Waals surface area contributed by atoms with Gasteiger partial charge in [-0.25, -0.2) is 0 Å². The monoisotopic (exact) mass is 316 g/mol.